The fourth-order valence-corrected chi connectivity index (χ4v) is 13.9. The summed E-state index contributed by atoms with van der Waals surface area (Å²) in [4.78, 5) is 4.17. The second-order valence-electron chi connectivity index (χ2n) is 27.6. The monoisotopic (exact) mass is 1360 g/mol. The number of anilines is 6. The number of phenolic OH excluding ortho intramolecular Hbond substituents is 2. The Kier molecular flexibility index (Phi) is 23.9. The molecular weight excluding hydrogens is 1260 g/mol. The summed E-state index contributed by atoms with van der Waals surface area (Å²) >= 11 is 0. The minimum absolute atomic E-state index is 0.0716. The Morgan fingerprint density at radius 1 is 0.255 bits per heavy atom. The van der Waals surface area contributed by atoms with Gasteiger partial charge in [0.15, 0.2) is 0 Å². The molecule has 1 aliphatic rings. The number of aromatic hydroxyl groups is 2. The molecule has 528 valence electrons. The fraction of sp³-hybridized carbons (Fsp3) is 0.304. The standard InChI is InChI=1S/C92H102N2O8/c1-13-63(14-2)55-99-77-39-45-81(59(9)49-77)67-21-29-71(30-22-67)93(72-31-23-68(24-32-72)82-46-40-78(50-60(82)10)100-56-64(15-3)16-4)75-37-43-85(87(95)53-75)89-91(97)90(92(89)98)86-44-38-76(54-88(86)96)94(73-33-25-69(26-34-73)83-47-41-79(51-61(83)11)101-57-65(17-5)18-6)74-35-27-70(28-36-74)84-48-42-80(52-62(84)12)102-58-66(19-7)20-8/h21-54,63-66,95-98H,13-20,55-58H2,1-12H3. The van der Waals surface area contributed by atoms with Gasteiger partial charge >= 0.3 is 0 Å². The molecule has 102 heavy (non-hydrogen) atoms. The molecule has 4 N–H and O–H groups in total. The molecule has 0 aliphatic heterocycles. The maximum atomic E-state index is 12.1. The van der Waals surface area contributed by atoms with Crippen LogP contribution in [0.4, 0.5) is 34.1 Å². The molecule has 0 saturated carbocycles. The Labute approximate surface area is 605 Å². The van der Waals surface area contributed by atoms with Crippen molar-refractivity contribution in [2.45, 2.75) is 134 Å². The average Bonchev–Trinajstić information content (AvgIpc) is 0.736. The zero-order valence-electron chi connectivity index (χ0n) is 61.7. The molecular formula is C92H102N2O8. The number of nitrogens with zero attached hydrogens (tertiary/aromatic N) is 2. The van der Waals surface area contributed by atoms with E-state index in [1.165, 1.54) is 0 Å². The van der Waals surface area contributed by atoms with Crippen molar-refractivity contribution in [1.29, 1.82) is 0 Å². The van der Waals surface area contributed by atoms with Gasteiger partial charge in [-0.1, -0.05) is 180 Å². The van der Waals surface area contributed by atoms with Gasteiger partial charge < -0.3 is 49.2 Å². The Bertz CT molecular complexity index is 4030. The number of hydrogen-bond donors (Lipinski definition) is 4. The van der Waals surface area contributed by atoms with Crippen LogP contribution in [-0.4, -0.2) is 46.9 Å². The average molecular weight is 1360 g/mol. The second-order valence-corrected chi connectivity index (χ2v) is 27.6. The molecule has 0 amide bonds. The largest absolute Gasteiger partial charge is 0.507 e. The zero-order chi connectivity index (χ0) is 72.1. The van der Waals surface area contributed by atoms with Crippen LogP contribution >= 0.6 is 0 Å². The highest BCUT2D eigenvalue weighted by molar-refractivity contribution is 6.08. The Balaban J connectivity index is 0.886. The van der Waals surface area contributed by atoms with Gasteiger partial charge in [0, 0.05) is 57.4 Å². The quantitative estimate of drug-likeness (QED) is 0.0324. The molecule has 0 bridgehead atoms. The lowest BCUT2D eigenvalue weighted by Crippen LogP contribution is -2.13. The molecule has 11 rings (SSSR count). The van der Waals surface area contributed by atoms with Crippen LogP contribution in [0.25, 0.3) is 55.7 Å². The number of rotatable bonds is 32. The van der Waals surface area contributed by atoms with Crippen molar-refractivity contribution in [2.24, 2.45) is 23.7 Å². The Morgan fingerprint density at radius 3 is 0.657 bits per heavy atom. The predicted molar refractivity (Wildman–Crippen MR) is 424 cm³/mol. The summed E-state index contributed by atoms with van der Waals surface area (Å²) in [6, 6.07) is 69.3. The molecule has 0 radical (unpaired) electrons. The lowest BCUT2D eigenvalue weighted by molar-refractivity contribution is 0.240. The van der Waals surface area contributed by atoms with Crippen molar-refractivity contribution >= 4 is 45.3 Å². The fourth-order valence-electron chi connectivity index (χ4n) is 13.9. The Hall–Kier alpha value is -10.3. The summed E-state index contributed by atoms with van der Waals surface area (Å²) in [7, 11) is 0. The van der Waals surface area contributed by atoms with Gasteiger partial charge in [-0.05, 0) is 239 Å². The number of phenols is 2. The van der Waals surface area contributed by atoms with E-state index >= 15 is 0 Å². The number of aryl methyl sites for hydroxylation is 4. The van der Waals surface area contributed by atoms with Gasteiger partial charge in [-0.25, -0.2) is 0 Å². The van der Waals surface area contributed by atoms with Crippen LogP contribution < -0.4 is 28.7 Å². The summed E-state index contributed by atoms with van der Waals surface area (Å²) in [6.07, 6.45) is 8.63. The van der Waals surface area contributed by atoms with Crippen molar-refractivity contribution in [3.63, 3.8) is 0 Å². The third-order valence-corrected chi connectivity index (χ3v) is 21.1. The van der Waals surface area contributed by atoms with E-state index in [4.69, 9.17) is 18.9 Å². The van der Waals surface area contributed by atoms with E-state index in [1.54, 1.807) is 24.3 Å². The lowest BCUT2D eigenvalue weighted by atomic mass is 9.83. The van der Waals surface area contributed by atoms with Crippen LogP contribution in [0.2, 0.25) is 0 Å². The first kappa shape index (κ1) is 72.9. The molecule has 1 aliphatic carbocycles. The third kappa shape index (κ3) is 16.4. The van der Waals surface area contributed by atoms with Gasteiger partial charge in [0.1, 0.15) is 46.0 Å². The van der Waals surface area contributed by atoms with Crippen molar-refractivity contribution in [2.75, 3.05) is 36.2 Å². The second kappa shape index (κ2) is 33.4. The van der Waals surface area contributed by atoms with Crippen LogP contribution in [0.1, 0.15) is 140 Å². The number of aliphatic hydroxyl groups excluding tert-OH is 2. The topological polar surface area (TPSA) is 124 Å². The van der Waals surface area contributed by atoms with Crippen molar-refractivity contribution in [3.8, 4) is 79.0 Å². The van der Waals surface area contributed by atoms with Crippen molar-refractivity contribution in [3.05, 3.63) is 251 Å². The number of benzene rings is 10. The van der Waals surface area contributed by atoms with Gasteiger partial charge in [-0.15, -0.1) is 0 Å². The summed E-state index contributed by atoms with van der Waals surface area (Å²) in [5, 5.41) is 48.4. The van der Waals surface area contributed by atoms with E-state index in [1.807, 2.05) is 12.1 Å². The maximum Gasteiger partial charge on any atom is 0.139 e. The molecule has 10 nitrogen and oxygen atoms in total. The van der Waals surface area contributed by atoms with Gasteiger partial charge in [0.2, 0.25) is 0 Å². The highest BCUT2D eigenvalue weighted by Crippen LogP contribution is 2.51. The van der Waals surface area contributed by atoms with Gasteiger partial charge in [0.05, 0.1) is 37.6 Å². The zero-order valence-corrected chi connectivity index (χ0v) is 61.7. The first-order valence-electron chi connectivity index (χ1n) is 37.0. The highest BCUT2D eigenvalue weighted by atomic mass is 16.5. The first-order valence-corrected chi connectivity index (χ1v) is 37.0. The lowest BCUT2D eigenvalue weighted by Gasteiger charge is -2.29. The molecule has 0 heterocycles. The molecule has 0 atom stereocenters. The smallest absolute Gasteiger partial charge is 0.139 e. The number of aliphatic hydroxyl groups is 2. The van der Waals surface area contributed by atoms with Crippen LogP contribution in [-0.2, 0) is 0 Å². The number of allylic oxidation sites excluding steroid dienone is 2. The first-order chi connectivity index (χ1) is 49.5. The summed E-state index contributed by atoms with van der Waals surface area (Å²) in [5.74, 6) is 4.71. The normalized spacial score (nSPS) is 12.2. The van der Waals surface area contributed by atoms with E-state index in [-0.39, 0.29) is 45.3 Å². The summed E-state index contributed by atoms with van der Waals surface area (Å²) < 4.78 is 25.0. The predicted octanol–water partition coefficient (Wildman–Crippen LogP) is 25.5. The maximum absolute atomic E-state index is 12.1. The van der Waals surface area contributed by atoms with Crippen molar-refractivity contribution < 1.29 is 39.4 Å². The van der Waals surface area contributed by atoms with Crippen molar-refractivity contribution in [1.82, 2.24) is 0 Å². The molecule has 10 aromatic rings. The van der Waals surface area contributed by atoms with Crippen LogP contribution in [0.15, 0.2) is 218 Å². The summed E-state index contributed by atoms with van der Waals surface area (Å²) in [6.45, 7) is 28.9. The summed E-state index contributed by atoms with van der Waals surface area (Å²) in [5.41, 5.74) is 18.4. The molecule has 0 aromatic heterocycles. The molecule has 0 saturated heterocycles. The van der Waals surface area contributed by atoms with E-state index in [0.29, 0.717) is 61.5 Å². The van der Waals surface area contributed by atoms with E-state index in [9.17, 15) is 20.4 Å². The number of hydrogen-bond acceptors (Lipinski definition) is 10. The van der Waals surface area contributed by atoms with Gasteiger partial charge in [0.25, 0.3) is 0 Å². The number of ether oxygens (including phenoxy) is 4. The molecule has 10 aromatic carbocycles. The van der Waals surface area contributed by atoms with Gasteiger partial charge in [-0.3, -0.25) is 0 Å². The van der Waals surface area contributed by atoms with Crippen LogP contribution in [0.3, 0.4) is 0 Å². The Morgan fingerprint density at radius 2 is 0.461 bits per heavy atom. The SMILES string of the molecule is CCC(CC)COc1ccc(-c2ccc(N(c3ccc(-c4ccc(OCC(CC)CC)cc4C)cc3)c3ccc(C4=C(O)C(c5ccc(N(c6ccc(-c7ccc(OCC(CC)CC)cc7C)cc6)c6ccc(-c7ccc(OCC(CC)CC)cc7C)cc6)cc5O)=C4O)c(O)c3)cc2)c(C)c1. The molecule has 0 fully saturated rings. The van der Waals surface area contributed by atoms with E-state index in [0.717, 1.165) is 164 Å². The van der Waals surface area contributed by atoms with E-state index < -0.39 is 0 Å². The minimum Gasteiger partial charge on any atom is -0.507 e. The highest BCUT2D eigenvalue weighted by Gasteiger charge is 2.35. The van der Waals surface area contributed by atoms with E-state index in [2.05, 4.69) is 263 Å². The molecule has 0 spiro atoms. The third-order valence-electron chi connectivity index (χ3n) is 21.1. The van der Waals surface area contributed by atoms with Gasteiger partial charge in [-0.2, -0.15) is 0 Å². The molecule has 0 unspecified atom stereocenters. The minimum atomic E-state index is -0.256. The van der Waals surface area contributed by atoms with Crippen LogP contribution in [0.5, 0.6) is 34.5 Å². The molecule has 10 heteroatoms. The van der Waals surface area contributed by atoms with Crippen LogP contribution in [0, 0.1) is 51.4 Å².